The molecule has 1 fully saturated rings. The van der Waals surface area contributed by atoms with Crippen molar-refractivity contribution in [1.82, 2.24) is 0 Å². The van der Waals surface area contributed by atoms with E-state index in [4.69, 9.17) is 9.47 Å². The quantitative estimate of drug-likeness (QED) is 0.680. The predicted octanol–water partition coefficient (Wildman–Crippen LogP) is 1.09. The number of aryl methyl sites for hydroxylation is 1. The third-order valence-corrected chi connectivity index (χ3v) is 4.97. The molecule has 1 aromatic rings. The van der Waals surface area contributed by atoms with E-state index in [0.717, 1.165) is 10.5 Å². The standard InChI is InChI=1S/C17H24O6S/c1-9(2)16(21)22-8-12-13(18)14(19)15(20)17(23-12)24-11-6-4-10(3)5-7-11/h4-7,9,12-15,17-20H,8H2,1-3H3/t12-,13-,14+,15-,17+/m1/s1. The second kappa shape index (κ2) is 8.31. The minimum Gasteiger partial charge on any atom is -0.463 e. The molecule has 0 radical (unpaired) electrons. The maximum atomic E-state index is 11.6. The summed E-state index contributed by atoms with van der Waals surface area (Å²) in [7, 11) is 0. The summed E-state index contributed by atoms with van der Waals surface area (Å²) in [6.45, 7) is 5.21. The first kappa shape index (κ1) is 19.2. The predicted molar refractivity (Wildman–Crippen MR) is 89.5 cm³/mol. The van der Waals surface area contributed by atoms with Crippen LogP contribution in [0.15, 0.2) is 29.2 Å². The number of rotatable bonds is 5. The first-order valence-electron chi connectivity index (χ1n) is 7.89. The molecular formula is C17H24O6S. The Bertz CT molecular complexity index is 547. The van der Waals surface area contributed by atoms with E-state index >= 15 is 0 Å². The van der Waals surface area contributed by atoms with Gasteiger partial charge in [-0.3, -0.25) is 4.79 Å². The number of carbonyl (C=O) groups is 1. The van der Waals surface area contributed by atoms with Gasteiger partial charge in [0.25, 0.3) is 0 Å². The molecule has 0 saturated carbocycles. The van der Waals surface area contributed by atoms with Gasteiger partial charge in [-0.05, 0) is 19.1 Å². The summed E-state index contributed by atoms with van der Waals surface area (Å²) < 4.78 is 10.8. The van der Waals surface area contributed by atoms with Gasteiger partial charge in [-0.2, -0.15) is 0 Å². The molecule has 0 amide bonds. The summed E-state index contributed by atoms with van der Waals surface area (Å²) in [6.07, 6.45) is -4.84. The Morgan fingerprint density at radius 2 is 1.79 bits per heavy atom. The van der Waals surface area contributed by atoms with Crippen molar-refractivity contribution in [2.45, 2.75) is 55.5 Å². The van der Waals surface area contributed by atoms with Crippen molar-refractivity contribution in [3.05, 3.63) is 29.8 Å². The van der Waals surface area contributed by atoms with Crippen LogP contribution in [0.25, 0.3) is 0 Å². The maximum Gasteiger partial charge on any atom is 0.308 e. The van der Waals surface area contributed by atoms with Crippen molar-refractivity contribution in [2.24, 2.45) is 5.92 Å². The van der Waals surface area contributed by atoms with E-state index in [1.165, 1.54) is 11.8 Å². The summed E-state index contributed by atoms with van der Waals surface area (Å²) in [5, 5.41) is 30.2. The van der Waals surface area contributed by atoms with Gasteiger partial charge in [-0.1, -0.05) is 43.3 Å². The largest absolute Gasteiger partial charge is 0.463 e. The van der Waals surface area contributed by atoms with Gasteiger partial charge in [0.05, 0.1) is 5.92 Å². The Morgan fingerprint density at radius 3 is 2.38 bits per heavy atom. The van der Waals surface area contributed by atoms with E-state index in [9.17, 15) is 20.1 Å². The Morgan fingerprint density at radius 1 is 1.17 bits per heavy atom. The molecule has 134 valence electrons. The molecule has 1 aromatic carbocycles. The van der Waals surface area contributed by atoms with Crippen LogP contribution in [0.3, 0.4) is 0 Å². The molecule has 24 heavy (non-hydrogen) atoms. The number of benzene rings is 1. The summed E-state index contributed by atoms with van der Waals surface area (Å²) in [5.74, 6) is -0.701. The Balaban J connectivity index is 2.02. The van der Waals surface area contributed by atoms with Crippen LogP contribution in [-0.4, -0.2) is 57.7 Å². The summed E-state index contributed by atoms with van der Waals surface area (Å²) >= 11 is 1.25. The van der Waals surface area contributed by atoms with Crippen molar-refractivity contribution < 1.29 is 29.6 Å². The second-order valence-corrected chi connectivity index (χ2v) is 7.40. The summed E-state index contributed by atoms with van der Waals surface area (Å²) in [4.78, 5) is 12.4. The van der Waals surface area contributed by atoms with Crippen LogP contribution in [-0.2, 0) is 14.3 Å². The van der Waals surface area contributed by atoms with Crippen LogP contribution >= 0.6 is 11.8 Å². The molecule has 0 unspecified atom stereocenters. The normalized spacial score (nSPS) is 30.4. The molecule has 1 heterocycles. The molecule has 2 rings (SSSR count). The van der Waals surface area contributed by atoms with E-state index in [-0.39, 0.29) is 12.5 Å². The SMILES string of the molecule is Cc1ccc(S[C@@H]2O[C@H](COC(=O)C(C)C)[C@@H](O)[C@H](O)[C@H]2O)cc1. The van der Waals surface area contributed by atoms with Crippen molar-refractivity contribution in [2.75, 3.05) is 6.61 Å². The number of ether oxygens (including phenoxy) is 2. The van der Waals surface area contributed by atoms with Crippen LogP contribution in [0.4, 0.5) is 0 Å². The van der Waals surface area contributed by atoms with Gasteiger partial charge in [0.1, 0.15) is 36.5 Å². The van der Waals surface area contributed by atoms with Crippen LogP contribution in [0.1, 0.15) is 19.4 Å². The van der Waals surface area contributed by atoms with Gasteiger partial charge < -0.3 is 24.8 Å². The van der Waals surface area contributed by atoms with Crippen molar-refractivity contribution in [3.8, 4) is 0 Å². The highest BCUT2D eigenvalue weighted by Gasteiger charge is 2.44. The Kier molecular flexibility index (Phi) is 6.65. The highest BCUT2D eigenvalue weighted by atomic mass is 32.2. The van der Waals surface area contributed by atoms with Gasteiger partial charge in [-0.25, -0.2) is 0 Å². The molecule has 1 saturated heterocycles. The van der Waals surface area contributed by atoms with Crippen molar-refractivity contribution in [3.63, 3.8) is 0 Å². The van der Waals surface area contributed by atoms with Gasteiger partial charge in [-0.15, -0.1) is 0 Å². The number of hydrogen-bond donors (Lipinski definition) is 3. The first-order valence-corrected chi connectivity index (χ1v) is 8.77. The highest BCUT2D eigenvalue weighted by molar-refractivity contribution is 7.99. The Hall–Kier alpha value is -1.12. The number of esters is 1. The molecule has 0 aliphatic carbocycles. The molecule has 1 aliphatic heterocycles. The monoisotopic (exact) mass is 356 g/mol. The second-order valence-electron chi connectivity index (χ2n) is 6.23. The third kappa shape index (κ3) is 4.70. The van der Waals surface area contributed by atoms with Crippen molar-refractivity contribution in [1.29, 1.82) is 0 Å². The third-order valence-electron chi connectivity index (χ3n) is 3.80. The fourth-order valence-electron chi connectivity index (χ4n) is 2.23. The zero-order chi connectivity index (χ0) is 17.9. The topological polar surface area (TPSA) is 96.2 Å². The lowest BCUT2D eigenvalue weighted by molar-refractivity contribution is -0.211. The number of carbonyl (C=O) groups excluding carboxylic acids is 1. The van der Waals surface area contributed by atoms with Gasteiger partial charge in [0, 0.05) is 4.90 Å². The molecule has 0 bridgehead atoms. The lowest BCUT2D eigenvalue weighted by atomic mass is 10.0. The zero-order valence-corrected chi connectivity index (χ0v) is 14.8. The van der Waals surface area contributed by atoms with Gasteiger partial charge in [0.15, 0.2) is 0 Å². The van der Waals surface area contributed by atoms with Crippen LogP contribution < -0.4 is 0 Å². The molecular weight excluding hydrogens is 332 g/mol. The summed E-state index contributed by atoms with van der Waals surface area (Å²) in [5.41, 5.74) is 0.340. The number of hydrogen-bond acceptors (Lipinski definition) is 7. The smallest absolute Gasteiger partial charge is 0.308 e. The van der Waals surface area contributed by atoms with E-state index < -0.39 is 35.8 Å². The van der Waals surface area contributed by atoms with Crippen molar-refractivity contribution >= 4 is 17.7 Å². The van der Waals surface area contributed by atoms with Crippen LogP contribution in [0, 0.1) is 12.8 Å². The summed E-state index contributed by atoms with van der Waals surface area (Å²) in [6, 6.07) is 7.65. The minimum absolute atomic E-state index is 0.174. The van der Waals surface area contributed by atoms with E-state index in [1.54, 1.807) is 13.8 Å². The lowest BCUT2D eigenvalue weighted by Crippen LogP contribution is -2.57. The average Bonchev–Trinajstić information content (AvgIpc) is 2.55. The van der Waals surface area contributed by atoms with Gasteiger partial charge in [0.2, 0.25) is 0 Å². The molecule has 5 atom stereocenters. The van der Waals surface area contributed by atoms with E-state index in [0.29, 0.717) is 0 Å². The van der Waals surface area contributed by atoms with Gasteiger partial charge >= 0.3 is 5.97 Å². The molecule has 1 aliphatic rings. The lowest BCUT2D eigenvalue weighted by Gasteiger charge is -2.40. The maximum absolute atomic E-state index is 11.6. The molecule has 6 nitrogen and oxygen atoms in total. The van der Waals surface area contributed by atoms with E-state index in [2.05, 4.69) is 0 Å². The fourth-order valence-corrected chi connectivity index (χ4v) is 3.29. The number of thioether (sulfide) groups is 1. The number of aliphatic hydroxyl groups is 3. The minimum atomic E-state index is -1.37. The fraction of sp³-hybridized carbons (Fsp3) is 0.588. The first-order chi connectivity index (χ1) is 11.3. The van der Waals surface area contributed by atoms with Crippen LogP contribution in [0.2, 0.25) is 0 Å². The van der Waals surface area contributed by atoms with E-state index in [1.807, 2.05) is 31.2 Å². The zero-order valence-electron chi connectivity index (χ0n) is 14.0. The molecule has 3 N–H and O–H groups in total. The van der Waals surface area contributed by atoms with Crippen LogP contribution in [0.5, 0.6) is 0 Å². The number of aliphatic hydroxyl groups excluding tert-OH is 3. The highest BCUT2D eigenvalue weighted by Crippen LogP contribution is 2.33. The average molecular weight is 356 g/mol. The Labute approximate surface area is 145 Å². The molecule has 7 heteroatoms. The molecule has 0 aromatic heterocycles. The molecule has 0 spiro atoms.